The molecule has 2 aromatic rings. The topological polar surface area (TPSA) is 64.8 Å². The van der Waals surface area contributed by atoms with Crippen molar-refractivity contribution in [3.8, 4) is 0 Å². The Morgan fingerprint density at radius 1 is 1.27 bits per heavy atom. The van der Waals surface area contributed by atoms with Crippen molar-refractivity contribution in [1.82, 2.24) is 10.1 Å². The van der Waals surface area contributed by atoms with Gasteiger partial charge in [0.1, 0.15) is 11.4 Å². The number of rotatable bonds is 4. The summed E-state index contributed by atoms with van der Waals surface area (Å²) in [7, 11) is 0. The molecule has 0 saturated carbocycles. The molecule has 0 radical (unpaired) electrons. The summed E-state index contributed by atoms with van der Waals surface area (Å²) in [4.78, 5) is 15.0. The van der Waals surface area contributed by atoms with Gasteiger partial charge in [-0.05, 0) is 37.7 Å². The van der Waals surface area contributed by atoms with Gasteiger partial charge in [0.25, 0.3) is 0 Å². The molecule has 0 bridgehead atoms. The van der Waals surface area contributed by atoms with E-state index in [1.165, 1.54) is 5.56 Å². The summed E-state index contributed by atoms with van der Waals surface area (Å²) < 4.78 is 17.9. The largest absolute Gasteiger partial charge is 0.370 e. The highest BCUT2D eigenvalue weighted by Crippen LogP contribution is 2.44. The van der Waals surface area contributed by atoms with Gasteiger partial charge in [0.05, 0.1) is 38.0 Å². The summed E-state index contributed by atoms with van der Waals surface area (Å²) in [6, 6.07) is 10.4. The van der Waals surface area contributed by atoms with Gasteiger partial charge in [-0.1, -0.05) is 49.3 Å². The van der Waals surface area contributed by atoms with Crippen molar-refractivity contribution in [2.45, 2.75) is 52.2 Å². The van der Waals surface area contributed by atoms with E-state index in [0.717, 1.165) is 23.4 Å². The van der Waals surface area contributed by atoms with Crippen LogP contribution in [0.15, 0.2) is 34.9 Å². The van der Waals surface area contributed by atoms with E-state index in [2.05, 4.69) is 43.3 Å². The molecule has 3 heterocycles. The van der Waals surface area contributed by atoms with E-state index in [4.69, 9.17) is 14.0 Å². The second-order valence-corrected chi connectivity index (χ2v) is 9.08. The minimum Gasteiger partial charge on any atom is -0.370 e. The number of hydrogen-bond donors (Lipinski definition) is 0. The lowest BCUT2D eigenvalue weighted by atomic mass is 9.75. The lowest BCUT2D eigenvalue weighted by molar-refractivity contribution is -0.210. The van der Waals surface area contributed by atoms with Gasteiger partial charge in [0, 0.05) is 12.1 Å². The highest BCUT2D eigenvalue weighted by Gasteiger charge is 2.47. The van der Waals surface area contributed by atoms with E-state index < -0.39 is 5.60 Å². The number of hydrogen-bond acceptors (Lipinski definition) is 5. The number of ether oxygens (including phenoxy) is 2. The molecule has 2 aliphatic rings. The van der Waals surface area contributed by atoms with Crippen molar-refractivity contribution in [3.05, 3.63) is 52.9 Å². The van der Waals surface area contributed by atoms with Crippen LogP contribution >= 0.6 is 0 Å². The van der Waals surface area contributed by atoms with E-state index in [0.29, 0.717) is 44.6 Å². The predicted molar refractivity (Wildman–Crippen MR) is 113 cm³/mol. The number of carbonyl (C=O) groups excluding carboxylic acids is 1. The normalized spacial score (nSPS) is 27.0. The number of aryl methyl sites for hydroxylation is 2. The van der Waals surface area contributed by atoms with Gasteiger partial charge >= 0.3 is 0 Å². The van der Waals surface area contributed by atoms with E-state index in [9.17, 15) is 4.79 Å². The Morgan fingerprint density at radius 3 is 2.70 bits per heavy atom. The van der Waals surface area contributed by atoms with Gasteiger partial charge in [0.2, 0.25) is 5.91 Å². The third-order valence-corrected chi connectivity index (χ3v) is 6.62. The summed E-state index contributed by atoms with van der Waals surface area (Å²) in [5.74, 6) is 1.59. The molecular weight excluding hydrogens is 380 g/mol. The predicted octanol–water partition coefficient (Wildman–Crippen LogP) is 3.87. The number of amides is 1. The number of morpholine rings is 1. The zero-order chi connectivity index (χ0) is 21.3. The van der Waals surface area contributed by atoms with Crippen molar-refractivity contribution in [2.75, 3.05) is 26.3 Å². The zero-order valence-electron chi connectivity index (χ0n) is 18.4. The maximum absolute atomic E-state index is 13.1. The second kappa shape index (κ2) is 8.52. The van der Waals surface area contributed by atoms with Crippen LogP contribution in [0.1, 0.15) is 49.0 Å². The average Bonchev–Trinajstić information content (AvgIpc) is 3.06. The molecule has 2 saturated heterocycles. The van der Waals surface area contributed by atoms with Gasteiger partial charge in [-0.15, -0.1) is 0 Å². The SMILES string of the molecule is Cc1noc(C)c1CC(=O)N1CCO[C@]2(CO[C@@H](c3ccccc3)[C@H](C(C)C)C2)C1. The zero-order valence-corrected chi connectivity index (χ0v) is 18.4. The molecule has 6 heteroatoms. The van der Waals surface area contributed by atoms with E-state index in [-0.39, 0.29) is 12.0 Å². The van der Waals surface area contributed by atoms with Crippen LogP contribution in [0.5, 0.6) is 0 Å². The lowest BCUT2D eigenvalue weighted by Crippen LogP contribution is -2.59. The molecule has 0 aliphatic carbocycles. The molecule has 1 aromatic heterocycles. The number of benzene rings is 1. The second-order valence-electron chi connectivity index (χ2n) is 9.08. The Hall–Kier alpha value is -2.18. The summed E-state index contributed by atoms with van der Waals surface area (Å²) in [6.45, 7) is 10.4. The smallest absolute Gasteiger partial charge is 0.227 e. The molecule has 6 nitrogen and oxygen atoms in total. The van der Waals surface area contributed by atoms with Crippen molar-refractivity contribution in [1.29, 1.82) is 0 Å². The molecule has 162 valence electrons. The first-order valence-electron chi connectivity index (χ1n) is 10.9. The Labute approximate surface area is 178 Å². The Kier molecular flexibility index (Phi) is 5.98. The Morgan fingerprint density at radius 2 is 2.03 bits per heavy atom. The van der Waals surface area contributed by atoms with Crippen LogP contribution in [0.3, 0.4) is 0 Å². The van der Waals surface area contributed by atoms with Crippen LogP contribution in [0.2, 0.25) is 0 Å². The monoisotopic (exact) mass is 412 g/mol. The molecule has 2 fully saturated rings. The van der Waals surface area contributed by atoms with E-state index >= 15 is 0 Å². The summed E-state index contributed by atoms with van der Waals surface area (Å²) in [5, 5.41) is 3.97. The Balaban J connectivity index is 1.48. The molecule has 1 amide bonds. The van der Waals surface area contributed by atoms with Gasteiger partial charge < -0.3 is 18.9 Å². The molecule has 0 unspecified atom stereocenters. The quantitative estimate of drug-likeness (QED) is 0.763. The van der Waals surface area contributed by atoms with Crippen LogP contribution in [-0.4, -0.2) is 47.9 Å². The molecule has 1 spiro atoms. The molecule has 3 atom stereocenters. The fourth-order valence-corrected chi connectivity index (χ4v) is 4.82. The van der Waals surface area contributed by atoms with Gasteiger partial charge in [-0.25, -0.2) is 0 Å². The van der Waals surface area contributed by atoms with E-state index in [1.807, 2.05) is 24.8 Å². The highest BCUT2D eigenvalue weighted by molar-refractivity contribution is 5.79. The molecule has 0 N–H and O–H groups in total. The summed E-state index contributed by atoms with van der Waals surface area (Å²) in [6.07, 6.45) is 1.27. The molecule has 4 rings (SSSR count). The van der Waals surface area contributed by atoms with Gasteiger partial charge in [-0.2, -0.15) is 0 Å². The maximum atomic E-state index is 13.1. The highest BCUT2D eigenvalue weighted by atomic mass is 16.6. The number of aromatic nitrogens is 1. The van der Waals surface area contributed by atoms with Crippen LogP contribution in [-0.2, 0) is 20.7 Å². The van der Waals surface area contributed by atoms with E-state index in [1.54, 1.807) is 0 Å². The summed E-state index contributed by atoms with van der Waals surface area (Å²) >= 11 is 0. The molecule has 30 heavy (non-hydrogen) atoms. The van der Waals surface area contributed by atoms with Crippen LogP contribution < -0.4 is 0 Å². The third kappa shape index (κ3) is 4.16. The Bertz CT molecular complexity index is 859. The van der Waals surface area contributed by atoms with Crippen molar-refractivity contribution < 1.29 is 18.8 Å². The molecular formula is C24H32N2O4. The fraction of sp³-hybridized carbons (Fsp3) is 0.583. The first kappa shape index (κ1) is 21.1. The molecule has 1 aromatic carbocycles. The van der Waals surface area contributed by atoms with Crippen LogP contribution in [0.25, 0.3) is 0 Å². The van der Waals surface area contributed by atoms with Gasteiger partial charge in [-0.3, -0.25) is 4.79 Å². The third-order valence-electron chi connectivity index (χ3n) is 6.62. The molecule has 2 aliphatic heterocycles. The standard InChI is InChI=1S/C24H32N2O4/c1-16(2)21-13-24(15-28-23(21)19-8-6-5-7-9-19)14-26(10-11-29-24)22(27)12-20-17(3)25-30-18(20)4/h5-9,16,21,23H,10-15H2,1-4H3/t21-,23-,24-/m0/s1. The first-order chi connectivity index (χ1) is 14.4. The van der Waals surface area contributed by atoms with Crippen molar-refractivity contribution in [2.24, 2.45) is 11.8 Å². The van der Waals surface area contributed by atoms with Crippen molar-refractivity contribution >= 4 is 5.91 Å². The maximum Gasteiger partial charge on any atom is 0.227 e. The van der Waals surface area contributed by atoms with Crippen LogP contribution in [0, 0.1) is 25.7 Å². The lowest BCUT2D eigenvalue weighted by Gasteiger charge is -2.50. The number of carbonyl (C=O) groups is 1. The summed E-state index contributed by atoms with van der Waals surface area (Å²) in [5.41, 5.74) is 2.46. The fourth-order valence-electron chi connectivity index (χ4n) is 4.82. The van der Waals surface area contributed by atoms with Crippen LogP contribution in [0.4, 0.5) is 0 Å². The minimum absolute atomic E-state index is 0.0637. The first-order valence-corrected chi connectivity index (χ1v) is 10.9. The average molecular weight is 413 g/mol. The minimum atomic E-state index is -0.438. The van der Waals surface area contributed by atoms with Crippen molar-refractivity contribution in [3.63, 3.8) is 0 Å². The van der Waals surface area contributed by atoms with Gasteiger partial charge in [0.15, 0.2) is 0 Å². The number of nitrogens with zero attached hydrogens (tertiary/aromatic N) is 2.